The summed E-state index contributed by atoms with van der Waals surface area (Å²) >= 11 is 0. The van der Waals surface area contributed by atoms with Crippen LogP contribution >= 0.6 is 0 Å². The minimum absolute atomic E-state index is 0.167. The van der Waals surface area contributed by atoms with Gasteiger partial charge in [-0.3, -0.25) is 20.0 Å². The highest BCUT2D eigenvalue weighted by molar-refractivity contribution is 5.96. The molecule has 0 bridgehead atoms. The van der Waals surface area contributed by atoms with Gasteiger partial charge in [-0.1, -0.05) is 0 Å². The summed E-state index contributed by atoms with van der Waals surface area (Å²) in [5.41, 5.74) is 4.63. The predicted octanol–water partition coefficient (Wildman–Crippen LogP) is 5.20. The lowest BCUT2D eigenvalue weighted by Gasteiger charge is -2.15. The van der Waals surface area contributed by atoms with Crippen molar-refractivity contribution in [2.75, 3.05) is 13.1 Å². The molecule has 7 heterocycles. The number of hydrogen-bond donors (Lipinski definition) is 2. The first-order valence-corrected chi connectivity index (χ1v) is 11.9. The molecule has 190 valence electrons. The highest BCUT2D eigenvalue weighted by Crippen LogP contribution is 2.34. The van der Waals surface area contributed by atoms with Crippen LogP contribution in [0.4, 0.5) is 13.2 Å². The van der Waals surface area contributed by atoms with E-state index in [0.29, 0.717) is 46.8 Å². The molecule has 7 rings (SSSR count). The van der Waals surface area contributed by atoms with E-state index in [1.165, 1.54) is 12.4 Å². The fourth-order valence-electron chi connectivity index (χ4n) is 4.91. The summed E-state index contributed by atoms with van der Waals surface area (Å²) in [6.07, 6.45) is 9.15. The summed E-state index contributed by atoms with van der Waals surface area (Å²) < 4.78 is 48.4. The first-order chi connectivity index (χ1) is 18.4. The third kappa shape index (κ3) is 3.80. The van der Waals surface area contributed by atoms with Crippen molar-refractivity contribution >= 4 is 22.1 Å². The van der Waals surface area contributed by atoms with Gasteiger partial charge in [-0.15, -0.1) is 0 Å². The van der Waals surface area contributed by atoms with Gasteiger partial charge in [0, 0.05) is 61.0 Å². The summed E-state index contributed by atoms with van der Waals surface area (Å²) in [7, 11) is 0. The van der Waals surface area contributed by atoms with Crippen LogP contribution in [0.3, 0.4) is 0 Å². The molecule has 1 aliphatic rings. The zero-order chi connectivity index (χ0) is 25.9. The van der Waals surface area contributed by atoms with E-state index >= 15 is 4.39 Å². The zero-order valence-electron chi connectivity index (χ0n) is 19.8. The van der Waals surface area contributed by atoms with E-state index in [0.717, 1.165) is 5.56 Å². The van der Waals surface area contributed by atoms with Crippen LogP contribution in [0.2, 0.25) is 0 Å². The lowest BCUT2D eigenvalue weighted by molar-refractivity contribution is 0.0115. The summed E-state index contributed by atoms with van der Waals surface area (Å²) in [4.78, 5) is 22.6. The zero-order valence-corrected chi connectivity index (χ0v) is 19.8. The number of nitrogens with zero attached hydrogens (tertiary/aromatic N) is 6. The lowest BCUT2D eigenvalue weighted by Crippen LogP contribution is -2.24. The van der Waals surface area contributed by atoms with Gasteiger partial charge in [0.15, 0.2) is 11.5 Å². The summed E-state index contributed by atoms with van der Waals surface area (Å²) in [5, 5.41) is 7.24. The number of nitrogens with one attached hydrogen (secondary N) is 2. The number of hydrogen-bond acceptors (Lipinski definition) is 7. The van der Waals surface area contributed by atoms with Crippen molar-refractivity contribution in [1.82, 2.24) is 40.0 Å². The average Bonchev–Trinajstić information content (AvgIpc) is 3.70. The van der Waals surface area contributed by atoms with Crippen LogP contribution in [-0.2, 0) is 6.54 Å². The first kappa shape index (κ1) is 22.6. The van der Waals surface area contributed by atoms with Gasteiger partial charge in [-0.05, 0) is 23.8 Å². The molecule has 6 aromatic rings. The highest BCUT2D eigenvalue weighted by atomic mass is 19.3. The number of likely N-dealkylation sites (tertiary alicyclic amines) is 1. The standard InChI is InChI=1S/C26H19F3N8O/c27-20-17(16-7-14(8-30-9-16)11-37-5-3-26(28,29)13-37)10-32-24-19(20)23(35-36-24)25-33-18-1-4-31-21(22(18)34-25)15-2-6-38-12-15/h1-2,4,6-10,12H,3,5,11,13H2,(H,33,34)(H,32,35,36). The molecule has 9 nitrogen and oxygen atoms in total. The van der Waals surface area contributed by atoms with Crippen LogP contribution in [0.1, 0.15) is 12.0 Å². The fraction of sp³-hybridized carbons (Fsp3) is 0.192. The molecule has 2 N–H and O–H groups in total. The Bertz CT molecular complexity index is 1790. The van der Waals surface area contributed by atoms with Gasteiger partial charge in [-0.25, -0.2) is 23.1 Å². The molecule has 1 aliphatic heterocycles. The topological polar surface area (TPSA) is 112 Å². The van der Waals surface area contributed by atoms with Crippen LogP contribution < -0.4 is 0 Å². The third-order valence-electron chi connectivity index (χ3n) is 6.71. The van der Waals surface area contributed by atoms with Crippen molar-refractivity contribution in [2.24, 2.45) is 0 Å². The Labute approximate surface area is 212 Å². The summed E-state index contributed by atoms with van der Waals surface area (Å²) in [5.74, 6) is -2.88. The lowest BCUT2D eigenvalue weighted by atomic mass is 10.0. The van der Waals surface area contributed by atoms with E-state index in [-0.39, 0.29) is 35.3 Å². The number of aromatic nitrogens is 7. The molecule has 0 saturated carbocycles. The number of pyridine rings is 3. The van der Waals surface area contributed by atoms with Gasteiger partial charge in [0.2, 0.25) is 0 Å². The molecule has 12 heteroatoms. The Morgan fingerprint density at radius 2 is 2.00 bits per heavy atom. The van der Waals surface area contributed by atoms with Gasteiger partial charge in [0.1, 0.15) is 22.7 Å². The second kappa shape index (κ2) is 8.48. The van der Waals surface area contributed by atoms with Crippen LogP contribution in [0.15, 0.2) is 59.9 Å². The molecule has 0 amide bonds. The maximum absolute atomic E-state index is 16.0. The van der Waals surface area contributed by atoms with Crippen LogP contribution in [0.5, 0.6) is 0 Å². The van der Waals surface area contributed by atoms with E-state index in [2.05, 4.69) is 35.1 Å². The van der Waals surface area contributed by atoms with Crippen molar-refractivity contribution in [1.29, 1.82) is 0 Å². The number of rotatable bonds is 5. The molecule has 0 spiro atoms. The molecular formula is C26H19F3N8O. The van der Waals surface area contributed by atoms with E-state index in [1.807, 2.05) is 0 Å². The smallest absolute Gasteiger partial charge is 0.261 e. The Morgan fingerprint density at radius 1 is 1.08 bits per heavy atom. The monoisotopic (exact) mass is 516 g/mol. The van der Waals surface area contributed by atoms with Gasteiger partial charge in [-0.2, -0.15) is 5.10 Å². The van der Waals surface area contributed by atoms with E-state index in [1.54, 1.807) is 48.0 Å². The number of alkyl halides is 2. The summed E-state index contributed by atoms with van der Waals surface area (Å²) in [6, 6.07) is 5.31. The van der Waals surface area contributed by atoms with Crippen molar-refractivity contribution in [2.45, 2.75) is 18.9 Å². The van der Waals surface area contributed by atoms with Crippen LogP contribution in [0, 0.1) is 5.82 Å². The molecule has 6 aromatic heterocycles. The van der Waals surface area contributed by atoms with Crippen molar-refractivity contribution in [3.8, 4) is 33.9 Å². The molecular weight excluding hydrogens is 497 g/mol. The number of H-pyrrole nitrogens is 2. The minimum atomic E-state index is -2.68. The fourth-order valence-corrected chi connectivity index (χ4v) is 4.91. The number of imidazole rings is 1. The molecule has 38 heavy (non-hydrogen) atoms. The van der Waals surface area contributed by atoms with Crippen molar-refractivity contribution < 1.29 is 17.6 Å². The maximum atomic E-state index is 16.0. The largest absolute Gasteiger partial charge is 0.472 e. The van der Waals surface area contributed by atoms with Gasteiger partial charge in [0.25, 0.3) is 5.92 Å². The van der Waals surface area contributed by atoms with Crippen molar-refractivity contribution in [3.05, 3.63) is 66.9 Å². The van der Waals surface area contributed by atoms with Crippen LogP contribution in [-0.4, -0.2) is 59.0 Å². The molecule has 0 radical (unpaired) electrons. The van der Waals surface area contributed by atoms with Gasteiger partial charge in [0.05, 0.1) is 30.0 Å². The second-order valence-corrected chi connectivity index (χ2v) is 9.33. The Balaban J connectivity index is 1.28. The number of aromatic amines is 2. The molecule has 0 atom stereocenters. The summed E-state index contributed by atoms with van der Waals surface area (Å²) in [6.45, 7) is 0.302. The molecule has 0 unspecified atom stereocenters. The normalized spacial score (nSPS) is 15.7. The Morgan fingerprint density at radius 3 is 2.82 bits per heavy atom. The highest BCUT2D eigenvalue weighted by Gasteiger charge is 2.38. The molecule has 0 aromatic carbocycles. The number of furan rings is 1. The second-order valence-electron chi connectivity index (χ2n) is 9.33. The SMILES string of the molecule is Fc1c(-c2cncc(CN3CCC(F)(F)C3)c2)cnc2[nH]nc(-c3nc4c(-c5ccoc5)nccc4[nH]3)c12. The van der Waals surface area contributed by atoms with E-state index in [4.69, 9.17) is 4.42 Å². The van der Waals surface area contributed by atoms with E-state index in [9.17, 15) is 8.78 Å². The Kier molecular flexibility index (Phi) is 5.05. The van der Waals surface area contributed by atoms with Crippen LogP contribution in [0.25, 0.3) is 56.0 Å². The first-order valence-electron chi connectivity index (χ1n) is 11.9. The van der Waals surface area contributed by atoms with Gasteiger partial charge >= 0.3 is 0 Å². The molecule has 1 saturated heterocycles. The van der Waals surface area contributed by atoms with Crippen molar-refractivity contribution in [3.63, 3.8) is 0 Å². The Hall–Kier alpha value is -4.58. The molecule has 0 aliphatic carbocycles. The molecule has 1 fully saturated rings. The maximum Gasteiger partial charge on any atom is 0.261 e. The third-order valence-corrected chi connectivity index (χ3v) is 6.71. The quantitative estimate of drug-likeness (QED) is 0.324. The predicted molar refractivity (Wildman–Crippen MR) is 133 cm³/mol. The minimum Gasteiger partial charge on any atom is -0.472 e. The number of fused-ring (bicyclic) bond motifs is 2. The van der Waals surface area contributed by atoms with Gasteiger partial charge < -0.3 is 9.40 Å². The average molecular weight is 516 g/mol. The van der Waals surface area contributed by atoms with E-state index < -0.39 is 11.7 Å². The number of halogens is 3.